The van der Waals surface area contributed by atoms with E-state index in [2.05, 4.69) is 29.3 Å². The van der Waals surface area contributed by atoms with Crippen molar-refractivity contribution in [2.75, 3.05) is 27.4 Å². The third-order valence-electron chi connectivity index (χ3n) is 5.72. The van der Waals surface area contributed by atoms with Crippen LogP contribution < -0.4 is 11.1 Å². The molecule has 1 amide bonds. The minimum absolute atomic E-state index is 0.00594. The molecule has 6 heteroatoms. The number of ether oxygens (including phenoxy) is 1. The minimum atomic E-state index is -0.260. The molecule has 160 valence electrons. The van der Waals surface area contributed by atoms with Crippen LogP contribution in [-0.4, -0.2) is 44.2 Å². The zero-order valence-corrected chi connectivity index (χ0v) is 18.6. The highest BCUT2D eigenvalue weighted by atomic mass is 35.5. The van der Waals surface area contributed by atoms with Gasteiger partial charge in [-0.15, -0.1) is 0 Å². The summed E-state index contributed by atoms with van der Waals surface area (Å²) in [6.07, 6.45) is 2.76. The number of likely N-dealkylation sites (N-methyl/N-ethyl adjacent to an activating group) is 1. The molecular weight excluding hydrogens is 398 g/mol. The van der Waals surface area contributed by atoms with Gasteiger partial charge in [-0.2, -0.15) is 0 Å². The first-order valence-corrected chi connectivity index (χ1v) is 10.5. The average Bonchev–Trinajstić information content (AvgIpc) is 3.44. The van der Waals surface area contributed by atoms with Gasteiger partial charge in [-0.3, -0.25) is 4.79 Å². The smallest absolute Gasteiger partial charge is 0.248 e. The molecule has 0 bridgehead atoms. The van der Waals surface area contributed by atoms with Crippen LogP contribution in [0.1, 0.15) is 23.6 Å². The fourth-order valence-corrected chi connectivity index (χ4v) is 3.88. The molecule has 0 spiro atoms. The summed E-state index contributed by atoms with van der Waals surface area (Å²) in [6, 6.07) is 16.2. The number of nitrogens with zero attached hydrogens (tertiary/aromatic N) is 1. The standard InChI is InChI=1S/C24H30ClN3O2/c1-24(19-7-5-4-6-8-19)13-21(24)23(29)27-14-20(28(2)3)12-18-10-9-17(11-22(18)25)15-30-16-26/h4-11,13,20H,12,14-16,26H2,1-3H3,(H,27,29)/t20-,24-/m0/s1. The number of benzene rings is 2. The Morgan fingerprint density at radius 2 is 1.97 bits per heavy atom. The number of carbonyl (C=O) groups is 1. The van der Waals surface area contributed by atoms with Gasteiger partial charge in [0, 0.05) is 28.6 Å². The number of amides is 1. The molecule has 0 unspecified atom stereocenters. The third-order valence-corrected chi connectivity index (χ3v) is 6.07. The Balaban J connectivity index is 1.58. The van der Waals surface area contributed by atoms with Crippen molar-refractivity contribution in [1.29, 1.82) is 0 Å². The molecule has 0 saturated carbocycles. The second-order valence-electron chi connectivity index (χ2n) is 8.10. The largest absolute Gasteiger partial charge is 0.362 e. The molecule has 2 atom stereocenters. The van der Waals surface area contributed by atoms with Gasteiger partial charge in [0.1, 0.15) is 0 Å². The van der Waals surface area contributed by atoms with E-state index in [1.54, 1.807) is 0 Å². The lowest BCUT2D eigenvalue weighted by atomic mass is 9.92. The Morgan fingerprint density at radius 1 is 1.23 bits per heavy atom. The topological polar surface area (TPSA) is 67.6 Å². The number of nitrogens with two attached hydrogens (primary N) is 1. The van der Waals surface area contributed by atoms with Gasteiger partial charge in [0.25, 0.3) is 0 Å². The molecule has 30 heavy (non-hydrogen) atoms. The maximum Gasteiger partial charge on any atom is 0.248 e. The van der Waals surface area contributed by atoms with Gasteiger partial charge in [-0.05, 0) is 50.2 Å². The Labute approximate surface area is 183 Å². The molecule has 1 aliphatic carbocycles. The van der Waals surface area contributed by atoms with Crippen molar-refractivity contribution in [1.82, 2.24) is 10.2 Å². The molecule has 3 N–H and O–H groups in total. The predicted molar refractivity (Wildman–Crippen MR) is 121 cm³/mol. The molecule has 2 aromatic carbocycles. The van der Waals surface area contributed by atoms with Crippen LogP contribution in [0.2, 0.25) is 5.02 Å². The lowest BCUT2D eigenvalue weighted by molar-refractivity contribution is -0.117. The van der Waals surface area contributed by atoms with Crippen molar-refractivity contribution < 1.29 is 9.53 Å². The van der Waals surface area contributed by atoms with Crippen LogP contribution in [0.25, 0.3) is 0 Å². The highest BCUT2D eigenvalue weighted by molar-refractivity contribution is 6.31. The number of rotatable bonds is 10. The Bertz CT molecular complexity index is 914. The van der Waals surface area contributed by atoms with E-state index in [-0.39, 0.29) is 24.1 Å². The van der Waals surface area contributed by atoms with Gasteiger partial charge >= 0.3 is 0 Å². The fraction of sp³-hybridized carbons (Fsp3) is 0.375. The molecule has 0 aromatic heterocycles. The van der Waals surface area contributed by atoms with Gasteiger partial charge in [0.05, 0.1) is 13.3 Å². The van der Waals surface area contributed by atoms with Gasteiger partial charge < -0.3 is 20.7 Å². The molecule has 2 aromatic rings. The van der Waals surface area contributed by atoms with Crippen LogP contribution in [0.15, 0.2) is 60.2 Å². The quantitative estimate of drug-likeness (QED) is 0.571. The summed E-state index contributed by atoms with van der Waals surface area (Å²) in [5.41, 5.74) is 9.12. The van der Waals surface area contributed by atoms with Crippen LogP contribution in [0.4, 0.5) is 0 Å². The zero-order valence-electron chi connectivity index (χ0n) is 17.8. The van der Waals surface area contributed by atoms with Crippen molar-refractivity contribution in [3.8, 4) is 0 Å². The van der Waals surface area contributed by atoms with E-state index in [4.69, 9.17) is 22.1 Å². The van der Waals surface area contributed by atoms with Crippen LogP contribution >= 0.6 is 11.6 Å². The summed E-state index contributed by atoms with van der Waals surface area (Å²) in [5, 5.41) is 3.81. The van der Waals surface area contributed by atoms with Crippen LogP contribution in [-0.2, 0) is 28.0 Å². The molecular formula is C24H30ClN3O2. The number of hydrogen-bond donors (Lipinski definition) is 2. The zero-order chi connectivity index (χ0) is 21.7. The lowest BCUT2D eigenvalue weighted by Gasteiger charge is -2.25. The van der Waals surface area contributed by atoms with E-state index >= 15 is 0 Å². The number of halogens is 1. The van der Waals surface area contributed by atoms with Crippen molar-refractivity contribution >= 4 is 17.5 Å². The second-order valence-corrected chi connectivity index (χ2v) is 8.51. The van der Waals surface area contributed by atoms with Crippen molar-refractivity contribution in [3.63, 3.8) is 0 Å². The first kappa shape index (κ1) is 22.5. The van der Waals surface area contributed by atoms with E-state index < -0.39 is 0 Å². The Morgan fingerprint density at radius 3 is 2.60 bits per heavy atom. The molecule has 5 nitrogen and oxygen atoms in total. The number of nitrogens with one attached hydrogen (secondary N) is 1. The third kappa shape index (κ3) is 5.29. The molecule has 0 saturated heterocycles. The monoisotopic (exact) mass is 427 g/mol. The summed E-state index contributed by atoms with van der Waals surface area (Å²) in [6.45, 7) is 3.25. The summed E-state index contributed by atoms with van der Waals surface area (Å²) >= 11 is 6.48. The second kappa shape index (κ2) is 9.75. The molecule has 1 aliphatic rings. The van der Waals surface area contributed by atoms with Crippen molar-refractivity contribution in [3.05, 3.63) is 81.9 Å². The molecule has 0 aliphatic heterocycles. The molecule has 0 heterocycles. The summed E-state index contributed by atoms with van der Waals surface area (Å²) < 4.78 is 5.23. The first-order chi connectivity index (χ1) is 14.3. The lowest BCUT2D eigenvalue weighted by Crippen LogP contribution is -2.42. The predicted octanol–water partition coefficient (Wildman–Crippen LogP) is 3.26. The molecule has 0 fully saturated rings. The highest BCUT2D eigenvalue weighted by Gasteiger charge is 2.44. The maximum absolute atomic E-state index is 12.7. The normalized spacial score (nSPS) is 18.8. The van der Waals surface area contributed by atoms with E-state index in [1.165, 1.54) is 0 Å². The fourth-order valence-electron chi connectivity index (χ4n) is 3.60. The Kier molecular flexibility index (Phi) is 7.32. The van der Waals surface area contributed by atoms with Crippen LogP contribution in [0.5, 0.6) is 0 Å². The summed E-state index contributed by atoms with van der Waals surface area (Å²) in [7, 11) is 4.03. The SMILES string of the molecule is CN(C)[C@H](CNC(=O)C1=C[C@@]1(C)c1ccccc1)Cc1ccc(COCN)cc1Cl. The van der Waals surface area contributed by atoms with Gasteiger partial charge in [-0.25, -0.2) is 0 Å². The van der Waals surface area contributed by atoms with E-state index in [0.29, 0.717) is 18.2 Å². The summed E-state index contributed by atoms with van der Waals surface area (Å²) in [4.78, 5) is 14.8. The van der Waals surface area contributed by atoms with E-state index in [1.807, 2.05) is 56.6 Å². The highest BCUT2D eigenvalue weighted by Crippen LogP contribution is 2.46. The number of allylic oxidation sites excluding steroid dienone is 1. The number of carbonyl (C=O) groups excluding carboxylic acids is 1. The van der Waals surface area contributed by atoms with Crippen molar-refractivity contribution in [2.45, 2.75) is 31.4 Å². The van der Waals surface area contributed by atoms with E-state index in [0.717, 1.165) is 28.7 Å². The van der Waals surface area contributed by atoms with Crippen LogP contribution in [0, 0.1) is 0 Å². The van der Waals surface area contributed by atoms with Gasteiger partial charge in [0.15, 0.2) is 0 Å². The number of hydrogen-bond acceptors (Lipinski definition) is 4. The van der Waals surface area contributed by atoms with Gasteiger partial charge in [-0.1, -0.05) is 60.1 Å². The summed E-state index contributed by atoms with van der Waals surface area (Å²) in [5.74, 6) is -0.00594. The molecule has 0 radical (unpaired) electrons. The van der Waals surface area contributed by atoms with E-state index in [9.17, 15) is 4.79 Å². The first-order valence-electron chi connectivity index (χ1n) is 10.1. The minimum Gasteiger partial charge on any atom is -0.362 e. The van der Waals surface area contributed by atoms with Gasteiger partial charge in [0.2, 0.25) is 5.91 Å². The van der Waals surface area contributed by atoms with Crippen LogP contribution in [0.3, 0.4) is 0 Å². The van der Waals surface area contributed by atoms with Crippen molar-refractivity contribution in [2.24, 2.45) is 5.73 Å². The average molecular weight is 428 g/mol. The Hall–Kier alpha value is -2.18. The maximum atomic E-state index is 12.7. The molecule has 3 rings (SSSR count).